The van der Waals surface area contributed by atoms with Crippen molar-refractivity contribution < 1.29 is 27.2 Å². The Kier molecular flexibility index (Phi) is 5.77. The van der Waals surface area contributed by atoms with Crippen molar-refractivity contribution >= 4 is 34.1 Å². The van der Waals surface area contributed by atoms with Gasteiger partial charge < -0.3 is 20.1 Å². The number of amides is 2. The van der Waals surface area contributed by atoms with E-state index in [0.717, 1.165) is 17.7 Å². The van der Waals surface area contributed by atoms with Crippen molar-refractivity contribution in [3.8, 4) is 0 Å². The van der Waals surface area contributed by atoms with Gasteiger partial charge in [0.2, 0.25) is 5.91 Å². The van der Waals surface area contributed by atoms with Crippen LogP contribution < -0.4 is 10.2 Å². The number of piperazine rings is 1. The van der Waals surface area contributed by atoms with Crippen molar-refractivity contribution in [1.29, 1.82) is 0 Å². The number of nitrogens with one attached hydrogen (secondary N) is 2. The third kappa shape index (κ3) is 4.64. The van der Waals surface area contributed by atoms with E-state index in [1.54, 1.807) is 22.8 Å². The zero-order valence-electron chi connectivity index (χ0n) is 18.0. The number of halogens is 4. The smallest absolute Gasteiger partial charge is 0.368 e. The van der Waals surface area contributed by atoms with Gasteiger partial charge in [-0.25, -0.2) is 4.39 Å². The number of aromatic amines is 1. The molecule has 0 saturated carbocycles. The minimum atomic E-state index is -4.61. The summed E-state index contributed by atoms with van der Waals surface area (Å²) in [7, 11) is 0. The molecule has 2 amide bonds. The first-order valence-electron chi connectivity index (χ1n) is 10.3. The zero-order chi connectivity index (χ0) is 23.9. The van der Waals surface area contributed by atoms with Gasteiger partial charge in [0.15, 0.2) is 0 Å². The predicted molar refractivity (Wildman–Crippen MR) is 117 cm³/mol. The SMILES string of the molecule is CC(=O)N1CCN(c2cc(NC(=O)c3cc4c(F)ccc(C)c4[nH]3)cc(C(F)(F)F)c2)CC1. The maximum Gasteiger partial charge on any atom is 0.416 e. The van der Waals surface area contributed by atoms with Crippen LogP contribution in [0, 0.1) is 12.7 Å². The molecule has 1 saturated heterocycles. The van der Waals surface area contributed by atoms with E-state index < -0.39 is 23.5 Å². The topological polar surface area (TPSA) is 68.4 Å². The molecule has 2 heterocycles. The number of carbonyl (C=O) groups is 2. The Morgan fingerprint density at radius 1 is 1.03 bits per heavy atom. The van der Waals surface area contributed by atoms with Crippen LogP contribution in [0.1, 0.15) is 28.5 Å². The van der Waals surface area contributed by atoms with Crippen LogP contribution in [0.3, 0.4) is 0 Å². The van der Waals surface area contributed by atoms with Crippen LogP contribution in [0.25, 0.3) is 10.9 Å². The molecule has 3 aromatic rings. The van der Waals surface area contributed by atoms with E-state index in [1.165, 1.54) is 25.1 Å². The molecule has 0 unspecified atom stereocenters. The number of hydrogen-bond donors (Lipinski definition) is 2. The average Bonchev–Trinajstić information content (AvgIpc) is 3.23. The Hall–Kier alpha value is -3.56. The lowest BCUT2D eigenvalue weighted by molar-refractivity contribution is -0.137. The lowest BCUT2D eigenvalue weighted by Gasteiger charge is -2.36. The van der Waals surface area contributed by atoms with Crippen molar-refractivity contribution in [1.82, 2.24) is 9.88 Å². The summed E-state index contributed by atoms with van der Waals surface area (Å²) in [6.45, 7) is 4.74. The highest BCUT2D eigenvalue weighted by atomic mass is 19.4. The van der Waals surface area contributed by atoms with Crippen LogP contribution in [0.15, 0.2) is 36.4 Å². The Balaban J connectivity index is 1.62. The summed E-state index contributed by atoms with van der Waals surface area (Å²) in [6.07, 6.45) is -4.61. The Labute approximate surface area is 187 Å². The summed E-state index contributed by atoms with van der Waals surface area (Å²) in [5.74, 6) is -1.27. The number of anilines is 2. The maximum absolute atomic E-state index is 14.1. The van der Waals surface area contributed by atoms with Gasteiger partial charge in [-0.3, -0.25) is 9.59 Å². The number of fused-ring (bicyclic) bond motifs is 1. The highest BCUT2D eigenvalue weighted by Crippen LogP contribution is 2.35. The van der Waals surface area contributed by atoms with Crippen molar-refractivity contribution in [3.05, 3.63) is 59.0 Å². The van der Waals surface area contributed by atoms with Gasteiger partial charge in [-0.05, 0) is 42.8 Å². The fourth-order valence-electron chi connectivity index (χ4n) is 3.96. The molecule has 1 aliphatic rings. The van der Waals surface area contributed by atoms with E-state index in [1.807, 2.05) is 0 Å². The molecule has 1 fully saturated rings. The summed E-state index contributed by atoms with van der Waals surface area (Å²) in [6, 6.07) is 7.55. The van der Waals surface area contributed by atoms with Gasteiger partial charge >= 0.3 is 6.18 Å². The number of alkyl halides is 3. The van der Waals surface area contributed by atoms with Crippen LogP contribution in [-0.4, -0.2) is 47.9 Å². The van der Waals surface area contributed by atoms with Crippen molar-refractivity contribution in [2.75, 3.05) is 36.4 Å². The summed E-state index contributed by atoms with van der Waals surface area (Å²) in [5.41, 5.74) is 0.580. The van der Waals surface area contributed by atoms with Crippen LogP contribution in [0.5, 0.6) is 0 Å². The number of carbonyl (C=O) groups excluding carboxylic acids is 2. The molecule has 2 N–H and O–H groups in total. The lowest BCUT2D eigenvalue weighted by Crippen LogP contribution is -2.48. The normalized spacial score (nSPS) is 14.6. The van der Waals surface area contributed by atoms with Gasteiger partial charge in [-0.1, -0.05) is 6.07 Å². The summed E-state index contributed by atoms with van der Waals surface area (Å²) in [5, 5.41) is 2.72. The number of rotatable bonds is 3. The van der Waals surface area contributed by atoms with Gasteiger partial charge in [0.1, 0.15) is 11.5 Å². The number of aromatic nitrogens is 1. The number of benzene rings is 2. The van der Waals surface area contributed by atoms with Crippen molar-refractivity contribution in [3.63, 3.8) is 0 Å². The third-order valence-electron chi connectivity index (χ3n) is 5.79. The second-order valence-corrected chi connectivity index (χ2v) is 8.05. The minimum absolute atomic E-state index is 0.0327. The molecule has 2 aromatic carbocycles. The molecule has 4 rings (SSSR count). The number of aryl methyl sites for hydroxylation is 1. The van der Waals surface area contributed by atoms with Crippen LogP contribution >= 0.6 is 0 Å². The van der Waals surface area contributed by atoms with Crippen molar-refractivity contribution in [2.45, 2.75) is 20.0 Å². The highest BCUT2D eigenvalue weighted by molar-refractivity contribution is 6.06. The molecule has 6 nitrogen and oxygen atoms in total. The molecule has 0 aliphatic carbocycles. The molecule has 1 aromatic heterocycles. The molecule has 0 spiro atoms. The van der Waals surface area contributed by atoms with E-state index in [4.69, 9.17) is 0 Å². The summed E-state index contributed by atoms with van der Waals surface area (Å²) < 4.78 is 54.7. The van der Waals surface area contributed by atoms with Gasteiger partial charge in [0, 0.05) is 49.9 Å². The van der Waals surface area contributed by atoms with Gasteiger partial charge in [0.05, 0.1) is 11.1 Å². The van der Waals surface area contributed by atoms with Crippen LogP contribution in [0.4, 0.5) is 28.9 Å². The molecule has 174 valence electrons. The first-order chi connectivity index (χ1) is 15.5. The number of nitrogens with zero attached hydrogens (tertiary/aromatic N) is 2. The van der Waals surface area contributed by atoms with E-state index in [9.17, 15) is 27.2 Å². The quantitative estimate of drug-likeness (QED) is 0.561. The first kappa shape index (κ1) is 22.6. The summed E-state index contributed by atoms with van der Waals surface area (Å²) >= 11 is 0. The van der Waals surface area contributed by atoms with E-state index in [-0.39, 0.29) is 22.7 Å². The van der Waals surface area contributed by atoms with Crippen LogP contribution in [-0.2, 0) is 11.0 Å². The van der Waals surface area contributed by atoms with E-state index >= 15 is 0 Å². The van der Waals surface area contributed by atoms with E-state index in [2.05, 4.69) is 10.3 Å². The second kappa shape index (κ2) is 8.42. The minimum Gasteiger partial charge on any atom is -0.368 e. The Morgan fingerprint density at radius 2 is 1.73 bits per heavy atom. The molecule has 0 atom stereocenters. The van der Waals surface area contributed by atoms with Gasteiger partial charge in [-0.2, -0.15) is 13.2 Å². The molecule has 0 bridgehead atoms. The number of hydrogen-bond acceptors (Lipinski definition) is 3. The van der Waals surface area contributed by atoms with Gasteiger partial charge in [-0.15, -0.1) is 0 Å². The zero-order valence-corrected chi connectivity index (χ0v) is 18.0. The average molecular weight is 462 g/mol. The third-order valence-corrected chi connectivity index (χ3v) is 5.79. The molecule has 1 aliphatic heterocycles. The second-order valence-electron chi connectivity index (χ2n) is 8.05. The molecule has 0 radical (unpaired) electrons. The Bertz CT molecular complexity index is 1190. The fraction of sp³-hybridized carbons (Fsp3) is 0.304. The fourth-order valence-corrected chi connectivity index (χ4v) is 3.96. The standard InChI is InChI=1S/C23H22F4N4O2/c1-13-3-4-19(24)18-12-20(29-21(13)18)22(33)28-16-9-15(23(25,26)27)10-17(11-16)31-7-5-30(6-8-31)14(2)32/h3-4,9-12,29H,5-8H2,1-2H3,(H,28,33). The highest BCUT2D eigenvalue weighted by Gasteiger charge is 2.32. The molecule has 33 heavy (non-hydrogen) atoms. The first-order valence-corrected chi connectivity index (χ1v) is 10.3. The summed E-state index contributed by atoms with van der Waals surface area (Å²) in [4.78, 5) is 30.5. The largest absolute Gasteiger partial charge is 0.416 e. The van der Waals surface area contributed by atoms with E-state index in [0.29, 0.717) is 37.4 Å². The Morgan fingerprint density at radius 3 is 2.33 bits per heavy atom. The molecule has 10 heteroatoms. The maximum atomic E-state index is 14.1. The number of H-pyrrole nitrogens is 1. The van der Waals surface area contributed by atoms with Crippen LogP contribution in [0.2, 0.25) is 0 Å². The molecular formula is C23H22F4N4O2. The van der Waals surface area contributed by atoms with Crippen molar-refractivity contribution in [2.24, 2.45) is 0 Å². The molecular weight excluding hydrogens is 440 g/mol. The lowest BCUT2D eigenvalue weighted by atomic mass is 10.1. The monoisotopic (exact) mass is 462 g/mol. The van der Waals surface area contributed by atoms with Gasteiger partial charge in [0.25, 0.3) is 5.91 Å². The predicted octanol–water partition coefficient (Wildman–Crippen LogP) is 4.56.